The predicted octanol–water partition coefficient (Wildman–Crippen LogP) is 5.12. The van der Waals surface area contributed by atoms with Gasteiger partial charge in [-0.15, -0.1) is 11.8 Å². The minimum Gasteiger partial charge on any atom is -0.342 e. The lowest BCUT2D eigenvalue weighted by Crippen LogP contribution is -2.38. The molecule has 0 unspecified atom stereocenters. The average Bonchev–Trinajstić information content (AvgIpc) is 2.65. The maximum Gasteiger partial charge on any atom is 0.232 e. The molecule has 0 saturated carbocycles. The molecule has 0 bridgehead atoms. The van der Waals surface area contributed by atoms with Crippen LogP contribution in [0.1, 0.15) is 43.9 Å². The fourth-order valence-corrected chi connectivity index (χ4v) is 5.34. The van der Waals surface area contributed by atoms with Crippen molar-refractivity contribution in [2.24, 2.45) is 5.92 Å². The highest BCUT2D eigenvalue weighted by molar-refractivity contribution is 8.00. The number of fused-ring (bicyclic) bond motifs is 2. The number of amides is 1. The van der Waals surface area contributed by atoms with E-state index in [1.54, 1.807) is 11.8 Å². The van der Waals surface area contributed by atoms with Crippen LogP contribution in [-0.4, -0.2) is 34.6 Å². The Morgan fingerprint density at radius 3 is 2.85 bits per heavy atom. The maximum absolute atomic E-state index is 12.7. The van der Waals surface area contributed by atoms with E-state index >= 15 is 0 Å². The van der Waals surface area contributed by atoms with Gasteiger partial charge < -0.3 is 4.90 Å². The summed E-state index contributed by atoms with van der Waals surface area (Å²) in [5.74, 6) is 1.53. The fourth-order valence-electron chi connectivity index (χ4n) is 4.00. The molecule has 1 aliphatic heterocycles. The molecule has 1 fully saturated rings. The molecule has 1 amide bonds. The topological polar surface area (TPSA) is 33.2 Å². The first-order valence-corrected chi connectivity index (χ1v) is 11.0. The number of nitrogens with zero attached hydrogens (tertiary/aromatic N) is 2. The second-order valence-corrected chi connectivity index (χ2v) is 9.01. The van der Waals surface area contributed by atoms with E-state index in [2.05, 4.69) is 13.0 Å². The number of pyridine rings is 1. The molecule has 0 N–H and O–H groups in total. The van der Waals surface area contributed by atoms with Crippen molar-refractivity contribution < 1.29 is 4.79 Å². The largest absolute Gasteiger partial charge is 0.342 e. The smallest absolute Gasteiger partial charge is 0.232 e. The Morgan fingerprint density at radius 1 is 1.27 bits per heavy atom. The van der Waals surface area contributed by atoms with Crippen molar-refractivity contribution in [3.63, 3.8) is 0 Å². The second kappa shape index (κ2) is 7.77. The SMILES string of the molecule is CC1CCN(C(=O)CSc2c3c(nc4cc(Cl)ccc24)CCCC3)CC1. The Labute approximate surface area is 164 Å². The number of aryl methyl sites for hydroxylation is 1. The zero-order valence-corrected chi connectivity index (χ0v) is 16.8. The maximum atomic E-state index is 12.7. The van der Waals surface area contributed by atoms with Gasteiger partial charge in [0.05, 0.1) is 11.3 Å². The van der Waals surface area contributed by atoms with E-state index in [9.17, 15) is 4.79 Å². The van der Waals surface area contributed by atoms with Gasteiger partial charge >= 0.3 is 0 Å². The summed E-state index contributed by atoms with van der Waals surface area (Å²) >= 11 is 7.89. The number of carbonyl (C=O) groups is 1. The van der Waals surface area contributed by atoms with Gasteiger partial charge in [0.25, 0.3) is 0 Å². The van der Waals surface area contributed by atoms with E-state index < -0.39 is 0 Å². The Bertz CT molecular complexity index is 830. The van der Waals surface area contributed by atoms with Crippen LogP contribution in [0.25, 0.3) is 10.9 Å². The van der Waals surface area contributed by atoms with Gasteiger partial charge in [-0.2, -0.15) is 0 Å². The van der Waals surface area contributed by atoms with Crippen LogP contribution in [-0.2, 0) is 17.6 Å². The lowest BCUT2D eigenvalue weighted by molar-refractivity contribution is -0.129. The molecule has 0 atom stereocenters. The highest BCUT2D eigenvalue weighted by atomic mass is 35.5. The molecule has 1 aromatic heterocycles. The molecule has 1 aromatic carbocycles. The molecular weight excluding hydrogens is 364 g/mol. The van der Waals surface area contributed by atoms with Crippen LogP contribution in [0.4, 0.5) is 0 Å². The first-order valence-electron chi connectivity index (χ1n) is 9.63. The van der Waals surface area contributed by atoms with Crippen LogP contribution in [0.2, 0.25) is 5.02 Å². The number of benzene rings is 1. The number of rotatable bonds is 3. The standard InChI is InChI=1S/C21H25ClN2OS/c1-14-8-10-24(11-9-14)20(25)13-26-21-16-4-2-3-5-18(16)23-19-12-15(22)6-7-17(19)21/h6-7,12,14H,2-5,8-11,13H2,1H3. The molecule has 2 aromatic rings. The van der Waals surface area contributed by atoms with Gasteiger partial charge in [-0.05, 0) is 62.1 Å². The van der Waals surface area contributed by atoms with Gasteiger partial charge in [0.2, 0.25) is 5.91 Å². The summed E-state index contributed by atoms with van der Waals surface area (Å²) in [4.78, 5) is 20.9. The van der Waals surface area contributed by atoms with E-state index in [1.165, 1.54) is 29.0 Å². The Hall–Kier alpha value is -1.26. The molecule has 0 spiro atoms. The molecule has 2 heterocycles. The number of thioether (sulfide) groups is 1. The number of hydrogen-bond acceptors (Lipinski definition) is 3. The van der Waals surface area contributed by atoms with E-state index in [4.69, 9.17) is 16.6 Å². The van der Waals surface area contributed by atoms with Gasteiger partial charge in [-0.1, -0.05) is 24.6 Å². The molecule has 2 aliphatic rings. The van der Waals surface area contributed by atoms with Gasteiger partial charge in [-0.3, -0.25) is 9.78 Å². The van der Waals surface area contributed by atoms with Crippen molar-refractivity contribution in [2.75, 3.05) is 18.8 Å². The van der Waals surface area contributed by atoms with Crippen LogP contribution in [0.3, 0.4) is 0 Å². The van der Waals surface area contributed by atoms with Crippen molar-refractivity contribution in [2.45, 2.75) is 50.3 Å². The van der Waals surface area contributed by atoms with Gasteiger partial charge in [-0.25, -0.2) is 0 Å². The Morgan fingerprint density at radius 2 is 2.04 bits per heavy atom. The normalized spacial score (nSPS) is 18.2. The van der Waals surface area contributed by atoms with Gasteiger partial charge in [0.1, 0.15) is 0 Å². The van der Waals surface area contributed by atoms with Crippen molar-refractivity contribution in [1.29, 1.82) is 0 Å². The summed E-state index contributed by atoms with van der Waals surface area (Å²) < 4.78 is 0. The Balaban J connectivity index is 1.59. The predicted molar refractivity (Wildman–Crippen MR) is 109 cm³/mol. The third-order valence-corrected chi connectivity index (χ3v) is 7.03. The quantitative estimate of drug-likeness (QED) is 0.684. The molecule has 138 valence electrons. The van der Waals surface area contributed by atoms with Crippen molar-refractivity contribution in [3.8, 4) is 0 Å². The number of piperidine rings is 1. The van der Waals surface area contributed by atoms with Gasteiger partial charge in [0, 0.05) is 34.1 Å². The number of carbonyl (C=O) groups excluding carboxylic acids is 1. The summed E-state index contributed by atoms with van der Waals surface area (Å²) in [7, 11) is 0. The van der Waals surface area contributed by atoms with Crippen molar-refractivity contribution in [1.82, 2.24) is 9.88 Å². The van der Waals surface area contributed by atoms with Crippen molar-refractivity contribution >= 4 is 40.2 Å². The lowest BCUT2D eigenvalue weighted by atomic mass is 9.94. The summed E-state index contributed by atoms with van der Waals surface area (Å²) in [6, 6.07) is 5.94. The second-order valence-electron chi connectivity index (χ2n) is 7.59. The summed E-state index contributed by atoms with van der Waals surface area (Å²) in [6.45, 7) is 4.09. The first kappa shape index (κ1) is 18.1. The minimum atomic E-state index is 0.269. The zero-order valence-electron chi connectivity index (χ0n) is 15.3. The van der Waals surface area contributed by atoms with E-state index in [0.29, 0.717) is 5.75 Å². The zero-order chi connectivity index (χ0) is 18.1. The monoisotopic (exact) mass is 388 g/mol. The van der Waals surface area contributed by atoms with Crippen LogP contribution < -0.4 is 0 Å². The summed E-state index contributed by atoms with van der Waals surface area (Å²) in [5, 5.41) is 1.86. The molecular formula is C21H25ClN2OS. The van der Waals surface area contributed by atoms with E-state index in [1.807, 2.05) is 17.0 Å². The number of aromatic nitrogens is 1. The Kier molecular flexibility index (Phi) is 5.42. The van der Waals surface area contributed by atoms with Crippen molar-refractivity contribution in [3.05, 3.63) is 34.5 Å². The molecule has 5 heteroatoms. The van der Waals surface area contributed by atoms with Crippen LogP contribution in [0.15, 0.2) is 23.1 Å². The highest BCUT2D eigenvalue weighted by Gasteiger charge is 2.23. The molecule has 1 aliphatic carbocycles. The number of halogens is 1. The highest BCUT2D eigenvalue weighted by Crippen LogP contribution is 2.37. The van der Waals surface area contributed by atoms with Gasteiger partial charge in [0.15, 0.2) is 0 Å². The minimum absolute atomic E-state index is 0.269. The molecule has 26 heavy (non-hydrogen) atoms. The first-order chi connectivity index (χ1) is 12.6. The molecule has 3 nitrogen and oxygen atoms in total. The lowest BCUT2D eigenvalue weighted by Gasteiger charge is -2.30. The average molecular weight is 389 g/mol. The summed E-state index contributed by atoms with van der Waals surface area (Å²) in [6.07, 6.45) is 6.76. The van der Waals surface area contributed by atoms with Crippen LogP contribution in [0, 0.1) is 5.92 Å². The van der Waals surface area contributed by atoms with E-state index in [-0.39, 0.29) is 5.91 Å². The fraction of sp³-hybridized carbons (Fsp3) is 0.524. The molecule has 0 radical (unpaired) electrons. The summed E-state index contributed by atoms with van der Waals surface area (Å²) in [5.41, 5.74) is 3.52. The third-order valence-electron chi connectivity index (χ3n) is 5.65. The van der Waals surface area contributed by atoms with Crippen LogP contribution in [0.5, 0.6) is 0 Å². The molecule has 1 saturated heterocycles. The molecule has 4 rings (SSSR count). The third kappa shape index (κ3) is 3.72. The number of hydrogen-bond donors (Lipinski definition) is 0. The van der Waals surface area contributed by atoms with Crippen LogP contribution >= 0.6 is 23.4 Å². The van der Waals surface area contributed by atoms with E-state index in [0.717, 1.165) is 60.6 Å². The number of likely N-dealkylation sites (tertiary alicyclic amines) is 1.